The zero-order valence-electron chi connectivity index (χ0n) is 25.4. The molecule has 4 aromatic rings. The van der Waals surface area contributed by atoms with Crippen molar-refractivity contribution in [2.45, 2.75) is 32.0 Å². The molecule has 0 saturated carbocycles. The first-order valence-corrected chi connectivity index (χ1v) is 16.8. The van der Waals surface area contributed by atoms with Crippen LogP contribution in [0, 0.1) is 0 Å². The van der Waals surface area contributed by atoms with E-state index >= 15 is 0 Å². The molecule has 1 atom stereocenters. The summed E-state index contributed by atoms with van der Waals surface area (Å²) >= 11 is 6.13. The van der Waals surface area contributed by atoms with Gasteiger partial charge < -0.3 is 15.0 Å². The Hall–Kier alpha value is -4.18. The Morgan fingerprint density at radius 3 is 1.91 bits per heavy atom. The molecular weight excluding hydrogens is 610 g/mol. The number of hydrogen-bond donors (Lipinski definition) is 1. The summed E-state index contributed by atoms with van der Waals surface area (Å²) in [6.07, 6.45) is 1.91. The Bertz CT molecular complexity index is 1630. The number of carbonyl (C=O) groups excluding carboxylic acids is 2. The Kier molecular flexibility index (Phi) is 12.2. The van der Waals surface area contributed by atoms with Crippen LogP contribution in [0.3, 0.4) is 0 Å². The summed E-state index contributed by atoms with van der Waals surface area (Å²) in [6, 6.07) is 32.3. The van der Waals surface area contributed by atoms with Crippen molar-refractivity contribution in [3.8, 4) is 5.75 Å². The van der Waals surface area contributed by atoms with Gasteiger partial charge in [0.25, 0.3) is 0 Å². The van der Waals surface area contributed by atoms with E-state index in [1.54, 1.807) is 31.4 Å². The SMILES string of the molecule is COc1ccc(CCNC(=O)C(Cc2ccccc2)N(Cc2ccc(Cl)cc2)C(=O)CN(Cc2ccccc2)S(C)(=O)=O)cc1. The van der Waals surface area contributed by atoms with Gasteiger partial charge in [0.05, 0.1) is 19.9 Å². The van der Waals surface area contributed by atoms with Crippen LogP contribution in [0.4, 0.5) is 0 Å². The first-order chi connectivity index (χ1) is 21.6. The van der Waals surface area contributed by atoms with Crippen LogP contribution in [-0.2, 0) is 45.5 Å². The molecule has 0 aliphatic rings. The van der Waals surface area contributed by atoms with Crippen molar-refractivity contribution in [2.24, 2.45) is 0 Å². The van der Waals surface area contributed by atoms with Gasteiger partial charge in [-0.2, -0.15) is 4.31 Å². The predicted octanol–water partition coefficient (Wildman–Crippen LogP) is 5.11. The number of ether oxygens (including phenoxy) is 1. The van der Waals surface area contributed by atoms with Gasteiger partial charge in [-0.3, -0.25) is 9.59 Å². The fourth-order valence-electron chi connectivity index (χ4n) is 4.90. The highest BCUT2D eigenvalue weighted by Gasteiger charge is 2.32. The van der Waals surface area contributed by atoms with Gasteiger partial charge in [-0.15, -0.1) is 0 Å². The minimum Gasteiger partial charge on any atom is -0.497 e. The molecule has 0 aromatic heterocycles. The highest BCUT2D eigenvalue weighted by molar-refractivity contribution is 7.88. The average Bonchev–Trinajstić information content (AvgIpc) is 3.04. The normalized spacial score (nSPS) is 12.0. The second-order valence-electron chi connectivity index (χ2n) is 10.8. The van der Waals surface area contributed by atoms with Crippen LogP contribution in [0.25, 0.3) is 0 Å². The molecule has 0 aliphatic carbocycles. The topological polar surface area (TPSA) is 96.0 Å². The van der Waals surface area contributed by atoms with Gasteiger partial charge in [0.15, 0.2) is 0 Å². The third-order valence-corrected chi connectivity index (χ3v) is 8.84. The number of amides is 2. The van der Waals surface area contributed by atoms with Crippen molar-refractivity contribution in [3.05, 3.63) is 136 Å². The molecular formula is C35H38ClN3O5S. The number of sulfonamides is 1. The summed E-state index contributed by atoms with van der Waals surface area (Å²) < 4.78 is 32.1. The number of halogens is 1. The molecule has 0 bridgehead atoms. The number of nitrogens with zero attached hydrogens (tertiary/aromatic N) is 2. The van der Waals surface area contributed by atoms with E-state index in [0.717, 1.165) is 38.6 Å². The number of rotatable bonds is 15. The van der Waals surface area contributed by atoms with E-state index in [-0.39, 0.29) is 25.4 Å². The van der Waals surface area contributed by atoms with Gasteiger partial charge in [0, 0.05) is 31.1 Å². The van der Waals surface area contributed by atoms with E-state index in [1.807, 2.05) is 84.9 Å². The molecule has 0 heterocycles. The van der Waals surface area contributed by atoms with Crippen LogP contribution in [0.2, 0.25) is 5.02 Å². The predicted molar refractivity (Wildman–Crippen MR) is 177 cm³/mol. The Morgan fingerprint density at radius 2 is 1.33 bits per heavy atom. The van der Waals surface area contributed by atoms with Gasteiger partial charge in [-0.1, -0.05) is 96.5 Å². The lowest BCUT2D eigenvalue weighted by molar-refractivity contribution is -0.141. The molecule has 1 N–H and O–H groups in total. The summed E-state index contributed by atoms with van der Waals surface area (Å²) in [5, 5.41) is 3.56. The molecule has 0 fully saturated rings. The molecule has 8 nitrogen and oxygen atoms in total. The molecule has 45 heavy (non-hydrogen) atoms. The highest BCUT2D eigenvalue weighted by Crippen LogP contribution is 2.19. The molecule has 236 valence electrons. The van der Waals surface area contributed by atoms with Gasteiger partial charge in [-0.25, -0.2) is 8.42 Å². The fourth-order valence-corrected chi connectivity index (χ4v) is 5.75. The van der Waals surface area contributed by atoms with Gasteiger partial charge in [0.1, 0.15) is 11.8 Å². The third kappa shape index (κ3) is 10.5. The summed E-state index contributed by atoms with van der Waals surface area (Å²) in [6.45, 7) is 0.0363. The molecule has 0 radical (unpaired) electrons. The summed E-state index contributed by atoms with van der Waals surface area (Å²) in [5.41, 5.74) is 3.39. The van der Waals surface area contributed by atoms with Gasteiger partial charge >= 0.3 is 0 Å². The van der Waals surface area contributed by atoms with Crippen molar-refractivity contribution in [1.29, 1.82) is 0 Å². The summed E-state index contributed by atoms with van der Waals surface area (Å²) in [7, 11) is -2.16. The summed E-state index contributed by atoms with van der Waals surface area (Å²) in [5.74, 6) is -0.0707. The molecule has 4 aromatic carbocycles. The molecule has 0 spiro atoms. The first-order valence-electron chi connectivity index (χ1n) is 14.6. The van der Waals surface area contributed by atoms with Crippen LogP contribution in [0.5, 0.6) is 5.75 Å². The Balaban J connectivity index is 1.62. The van der Waals surface area contributed by atoms with E-state index in [4.69, 9.17) is 16.3 Å². The van der Waals surface area contributed by atoms with Crippen molar-refractivity contribution >= 4 is 33.4 Å². The number of methoxy groups -OCH3 is 1. The first kappa shape index (κ1) is 33.7. The molecule has 2 amide bonds. The van der Waals surface area contributed by atoms with Crippen LogP contribution >= 0.6 is 11.6 Å². The number of nitrogens with one attached hydrogen (secondary N) is 1. The number of carbonyl (C=O) groups is 2. The lowest BCUT2D eigenvalue weighted by Crippen LogP contribution is -2.53. The maximum absolute atomic E-state index is 14.2. The third-order valence-electron chi connectivity index (χ3n) is 7.39. The van der Waals surface area contributed by atoms with Crippen molar-refractivity contribution in [3.63, 3.8) is 0 Å². The molecule has 0 saturated heterocycles. The highest BCUT2D eigenvalue weighted by atomic mass is 35.5. The van der Waals surface area contributed by atoms with Gasteiger partial charge in [-0.05, 0) is 52.9 Å². The lowest BCUT2D eigenvalue weighted by atomic mass is 10.0. The van der Waals surface area contributed by atoms with Crippen molar-refractivity contribution in [1.82, 2.24) is 14.5 Å². The number of hydrogen-bond acceptors (Lipinski definition) is 5. The molecule has 1 unspecified atom stereocenters. The fraction of sp³-hybridized carbons (Fsp3) is 0.257. The van der Waals surface area contributed by atoms with E-state index in [0.29, 0.717) is 18.0 Å². The minimum atomic E-state index is -3.77. The Morgan fingerprint density at radius 1 is 0.778 bits per heavy atom. The molecule has 4 rings (SSSR count). The van der Waals surface area contributed by atoms with Crippen LogP contribution in [0.15, 0.2) is 109 Å². The van der Waals surface area contributed by atoms with E-state index in [9.17, 15) is 18.0 Å². The summed E-state index contributed by atoms with van der Waals surface area (Å²) in [4.78, 5) is 29.6. The maximum Gasteiger partial charge on any atom is 0.243 e. The van der Waals surface area contributed by atoms with Crippen LogP contribution in [-0.4, -0.2) is 61.9 Å². The molecule has 0 aliphatic heterocycles. The van der Waals surface area contributed by atoms with Crippen molar-refractivity contribution in [2.75, 3.05) is 26.5 Å². The van der Waals surface area contributed by atoms with E-state index in [1.165, 1.54) is 4.90 Å². The minimum absolute atomic E-state index is 0.0254. The average molecular weight is 648 g/mol. The second-order valence-corrected chi connectivity index (χ2v) is 13.2. The Labute approximate surface area is 270 Å². The van der Waals surface area contributed by atoms with Gasteiger partial charge in [0.2, 0.25) is 21.8 Å². The zero-order chi connectivity index (χ0) is 32.2. The quantitative estimate of drug-likeness (QED) is 0.194. The van der Waals surface area contributed by atoms with Crippen molar-refractivity contribution < 1.29 is 22.7 Å². The zero-order valence-corrected chi connectivity index (χ0v) is 27.0. The maximum atomic E-state index is 14.2. The van der Waals surface area contributed by atoms with E-state index in [2.05, 4.69) is 5.32 Å². The lowest BCUT2D eigenvalue weighted by Gasteiger charge is -2.33. The monoisotopic (exact) mass is 647 g/mol. The van der Waals surface area contributed by atoms with Crippen LogP contribution < -0.4 is 10.1 Å². The molecule has 10 heteroatoms. The number of benzene rings is 4. The van der Waals surface area contributed by atoms with E-state index < -0.39 is 28.5 Å². The van der Waals surface area contributed by atoms with Crippen LogP contribution in [0.1, 0.15) is 22.3 Å². The smallest absolute Gasteiger partial charge is 0.243 e. The second kappa shape index (κ2) is 16.2. The standard InChI is InChI=1S/C35H38ClN3O5S/c1-44-32-19-15-27(16-20-32)21-22-37-35(41)33(23-28-9-5-3-6-10-28)39(25-30-13-17-31(36)18-14-30)34(40)26-38(45(2,42)43)24-29-11-7-4-8-12-29/h3-20,33H,21-26H2,1-2H3,(H,37,41). The largest absolute Gasteiger partial charge is 0.497 e.